The number of hydrogen-bond acceptors (Lipinski definition) is 7. The van der Waals surface area contributed by atoms with E-state index in [1.54, 1.807) is 0 Å². The van der Waals surface area contributed by atoms with Gasteiger partial charge in [0.05, 0.1) is 38.4 Å². The van der Waals surface area contributed by atoms with E-state index in [1.165, 1.54) is 5.57 Å². The number of carbonyl (C=O) groups is 2. The normalized spacial score (nSPS) is 11.1. The van der Waals surface area contributed by atoms with E-state index in [0.717, 1.165) is 89.8 Å². The third-order valence-corrected chi connectivity index (χ3v) is 6.01. The predicted molar refractivity (Wildman–Crippen MR) is 148 cm³/mol. The molecule has 210 valence electrons. The first-order chi connectivity index (χ1) is 17.4. The Morgan fingerprint density at radius 3 is 1.44 bits per heavy atom. The van der Waals surface area contributed by atoms with Crippen LogP contribution in [0.5, 0.6) is 0 Å². The van der Waals surface area contributed by atoms with E-state index in [1.807, 2.05) is 20.8 Å². The standard InChI is InChI=1S/C29H54N2O5/c1-7-15-26(5)16-22-30(24-18-28(32)35-9-3)20-13-11-12-14-21-31(23-17-27(6)34-8-2)25-19-29(33)36-10-4/h5-25H2,1-4H3. The largest absolute Gasteiger partial charge is 0.499 e. The molecule has 0 spiro atoms. The number of nitrogens with zero attached hydrogens (tertiary/aromatic N) is 2. The van der Waals surface area contributed by atoms with Crippen LogP contribution in [0.4, 0.5) is 0 Å². The van der Waals surface area contributed by atoms with Crippen LogP contribution in [0.2, 0.25) is 0 Å². The van der Waals surface area contributed by atoms with Crippen LogP contribution in [-0.2, 0) is 23.8 Å². The minimum absolute atomic E-state index is 0.121. The molecule has 0 heterocycles. The second-order valence-corrected chi connectivity index (χ2v) is 9.18. The zero-order valence-corrected chi connectivity index (χ0v) is 23.8. The first-order valence-corrected chi connectivity index (χ1v) is 14.1. The molecule has 0 aromatic carbocycles. The van der Waals surface area contributed by atoms with Crippen molar-refractivity contribution < 1.29 is 23.8 Å². The van der Waals surface area contributed by atoms with Crippen LogP contribution in [0.1, 0.15) is 91.9 Å². The van der Waals surface area contributed by atoms with Crippen LogP contribution in [0.15, 0.2) is 24.5 Å². The lowest BCUT2D eigenvalue weighted by atomic mass is 10.1. The van der Waals surface area contributed by atoms with E-state index in [2.05, 4.69) is 29.9 Å². The molecule has 0 amide bonds. The molecule has 7 heteroatoms. The molecule has 0 radical (unpaired) electrons. The lowest BCUT2D eigenvalue weighted by Gasteiger charge is -2.23. The van der Waals surface area contributed by atoms with Gasteiger partial charge in [-0.2, -0.15) is 0 Å². The summed E-state index contributed by atoms with van der Waals surface area (Å²) in [6, 6.07) is 0. The van der Waals surface area contributed by atoms with Crippen molar-refractivity contribution in [2.45, 2.75) is 91.9 Å². The minimum Gasteiger partial charge on any atom is -0.499 e. The van der Waals surface area contributed by atoms with Crippen molar-refractivity contribution in [2.75, 3.05) is 59.1 Å². The van der Waals surface area contributed by atoms with Gasteiger partial charge in [0.2, 0.25) is 0 Å². The van der Waals surface area contributed by atoms with Gasteiger partial charge in [0, 0.05) is 32.6 Å². The maximum atomic E-state index is 11.8. The van der Waals surface area contributed by atoms with Gasteiger partial charge in [-0.1, -0.05) is 44.9 Å². The molecule has 0 aromatic rings. The van der Waals surface area contributed by atoms with Crippen LogP contribution >= 0.6 is 0 Å². The van der Waals surface area contributed by atoms with Crippen LogP contribution in [-0.4, -0.2) is 80.8 Å². The lowest BCUT2D eigenvalue weighted by Crippen LogP contribution is -2.30. The smallest absolute Gasteiger partial charge is 0.307 e. The molecule has 0 rings (SSSR count). The third kappa shape index (κ3) is 20.3. The molecule has 36 heavy (non-hydrogen) atoms. The maximum Gasteiger partial charge on any atom is 0.307 e. The van der Waals surface area contributed by atoms with Gasteiger partial charge in [-0.25, -0.2) is 0 Å². The number of carbonyl (C=O) groups excluding carboxylic acids is 2. The van der Waals surface area contributed by atoms with Gasteiger partial charge in [-0.15, -0.1) is 0 Å². The summed E-state index contributed by atoms with van der Waals surface area (Å²) in [5.41, 5.74) is 1.29. The predicted octanol–water partition coefficient (Wildman–Crippen LogP) is 5.74. The lowest BCUT2D eigenvalue weighted by molar-refractivity contribution is -0.144. The molecule has 0 aliphatic heterocycles. The second-order valence-electron chi connectivity index (χ2n) is 9.18. The highest BCUT2D eigenvalue weighted by Crippen LogP contribution is 2.11. The van der Waals surface area contributed by atoms with Crippen molar-refractivity contribution in [3.63, 3.8) is 0 Å². The van der Waals surface area contributed by atoms with Gasteiger partial charge >= 0.3 is 11.9 Å². The van der Waals surface area contributed by atoms with Gasteiger partial charge in [0.15, 0.2) is 0 Å². The number of ether oxygens (including phenoxy) is 3. The highest BCUT2D eigenvalue weighted by molar-refractivity contribution is 5.69. The Kier molecular flexibility index (Phi) is 22.3. The Balaban J connectivity index is 4.46. The van der Waals surface area contributed by atoms with Gasteiger partial charge in [-0.3, -0.25) is 9.59 Å². The summed E-state index contributed by atoms with van der Waals surface area (Å²) in [5.74, 6) is 0.531. The SMILES string of the molecule is C=C(CCC)CCN(CCCCCCN(CCC(=C)OCC)CCC(=O)OCC)CCC(=O)OCC. The summed E-state index contributed by atoms with van der Waals surface area (Å²) in [4.78, 5) is 28.3. The highest BCUT2D eigenvalue weighted by Gasteiger charge is 2.12. The second kappa shape index (κ2) is 23.5. The quantitative estimate of drug-likeness (QED) is 0.0671. The Hall–Kier alpha value is -1.86. The van der Waals surface area contributed by atoms with Crippen molar-refractivity contribution in [2.24, 2.45) is 0 Å². The van der Waals surface area contributed by atoms with E-state index in [-0.39, 0.29) is 11.9 Å². The van der Waals surface area contributed by atoms with Crippen LogP contribution < -0.4 is 0 Å². The molecule has 0 saturated carbocycles. The Bertz CT molecular complexity index is 512. The topological polar surface area (TPSA) is 68.3 Å². The van der Waals surface area contributed by atoms with Crippen LogP contribution in [0, 0.1) is 0 Å². The van der Waals surface area contributed by atoms with Crippen LogP contribution in [0.25, 0.3) is 0 Å². The molecular formula is C29H54N2O5. The highest BCUT2D eigenvalue weighted by atomic mass is 16.5. The monoisotopic (exact) mass is 510 g/mol. The summed E-state index contributed by atoms with van der Waals surface area (Å²) < 4.78 is 15.7. The van der Waals surface area contributed by atoms with E-state index < -0.39 is 0 Å². The Morgan fingerprint density at radius 2 is 1.00 bits per heavy atom. The Labute approximate surface area is 221 Å². The number of hydrogen-bond donors (Lipinski definition) is 0. The fourth-order valence-electron chi connectivity index (χ4n) is 4.01. The summed E-state index contributed by atoms with van der Waals surface area (Å²) in [7, 11) is 0. The van der Waals surface area contributed by atoms with Gasteiger partial charge in [0.25, 0.3) is 0 Å². The minimum atomic E-state index is -0.143. The molecule has 0 bridgehead atoms. The first-order valence-electron chi connectivity index (χ1n) is 14.1. The molecule has 0 saturated heterocycles. The van der Waals surface area contributed by atoms with Gasteiger partial charge in [-0.05, 0) is 59.5 Å². The van der Waals surface area contributed by atoms with E-state index >= 15 is 0 Å². The summed E-state index contributed by atoms with van der Waals surface area (Å²) in [6.07, 6.45) is 9.26. The van der Waals surface area contributed by atoms with E-state index in [0.29, 0.717) is 39.2 Å². The van der Waals surface area contributed by atoms with Crippen molar-refractivity contribution in [1.82, 2.24) is 9.80 Å². The molecule has 7 nitrogen and oxygen atoms in total. The van der Waals surface area contributed by atoms with Gasteiger partial charge < -0.3 is 24.0 Å². The molecular weight excluding hydrogens is 456 g/mol. The Morgan fingerprint density at radius 1 is 0.556 bits per heavy atom. The molecule has 0 fully saturated rings. The van der Waals surface area contributed by atoms with Crippen molar-refractivity contribution in [3.8, 4) is 0 Å². The summed E-state index contributed by atoms with van der Waals surface area (Å²) in [5, 5.41) is 0. The fraction of sp³-hybridized carbons (Fsp3) is 0.793. The van der Waals surface area contributed by atoms with E-state index in [9.17, 15) is 9.59 Å². The zero-order valence-electron chi connectivity index (χ0n) is 23.8. The van der Waals surface area contributed by atoms with Crippen LogP contribution in [0.3, 0.4) is 0 Å². The number of rotatable bonds is 25. The average Bonchev–Trinajstić information content (AvgIpc) is 2.84. The van der Waals surface area contributed by atoms with E-state index in [4.69, 9.17) is 14.2 Å². The number of unbranched alkanes of at least 4 members (excludes halogenated alkanes) is 3. The third-order valence-electron chi connectivity index (χ3n) is 6.01. The summed E-state index contributed by atoms with van der Waals surface area (Å²) in [6.45, 7) is 22.6. The maximum absolute atomic E-state index is 11.8. The molecule has 0 unspecified atom stereocenters. The molecule has 0 aliphatic carbocycles. The zero-order chi connectivity index (χ0) is 27.0. The van der Waals surface area contributed by atoms with Crippen molar-refractivity contribution >= 4 is 11.9 Å². The molecule has 0 N–H and O–H groups in total. The number of esters is 2. The first kappa shape index (κ1) is 34.1. The average molecular weight is 511 g/mol. The molecule has 0 atom stereocenters. The molecule has 0 aromatic heterocycles. The van der Waals surface area contributed by atoms with Gasteiger partial charge in [0.1, 0.15) is 0 Å². The van der Waals surface area contributed by atoms with Crippen molar-refractivity contribution in [3.05, 3.63) is 24.5 Å². The fourth-order valence-corrected chi connectivity index (χ4v) is 4.01. The summed E-state index contributed by atoms with van der Waals surface area (Å²) >= 11 is 0. The van der Waals surface area contributed by atoms with Crippen molar-refractivity contribution in [1.29, 1.82) is 0 Å². The molecule has 0 aliphatic rings.